The monoisotopic (exact) mass is 234 g/mol. The van der Waals surface area contributed by atoms with Gasteiger partial charge in [-0.15, -0.1) is 0 Å². The minimum Gasteiger partial charge on any atom is -0.383 e. The molecule has 0 spiro atoms. The topological polar surface area (TPSA) is 96.1 Å². The Hall–Kier alpha value is -1.12. The lowest BCUT2D eigenvalue weighted by molar-refractivity contribution is 0.204. The highest BCUT2D eigenvalue weighted by molar-refractivity contribution is 7.90. The third-order valence-corrected chi connectivity index (χ3v) is 2.72. The van der Waals surface area contributed by atoms with Gasteiger partial charge >= 0.3 is 0 Å². The zero-order valence-electron chi connectivity index (χ0n) is 8.57. The average molecular weight is 234 g/mol. The molecule has 0 aliphatic rings. The predicted molar refractivity (Wildman–Crippen MR) is 55.7 cm³/mol. The van der Waals surface area contributed by atoms with Crippen LogP contribution in [0.4, 0.5) is 5.82 Å². The minimum absolute atomic E-state index is 0.221. The second kappa shape index (κ2) is 5.10. The summed E-state index contributed by atoms with van der Waals surface area (Å²) in [5, 5.41) is 6.24. The Morgan fingerprint density at radius 1 is 1.60 bits per heavy atom. The van der Waals surface area contributed by atoms with Gasteiger partial charge in [-0.25, -0.2) is 0 Å². The van der Waals surface area contributed by atoms with Crippen molar-refractivity contribution in [2.45, 2.75) is 6.92 Å². The zero-order valence-corrected chi connectivity index (χ0v) is 9.39. The van der Waals surface area contributed by atoms with Gasteiger partial charge in [0.25, 0.3) is 10.2 Å². The molecule has 3 N–H and O–H groups in total. The number of methoxy groups -OCH3 is 1. The van der Waals surface area contributed by atoms with Crippen molar-refractivity contribution in [2.75, 3.05) is 25.0 Å². The molecule has 0 bridgehead atoms. The molecule has 1 heterocycles. The van der Waals surface area contributed by atoms with Crippen molar-refractivity contribution >= 4 is 16.0 Å². The molecule has 86 valence electrons. The Bertz CT molecular complexity index is 400. The van der Waals surface area contributed by atoms with E-state index < -0.39 is 10.2 Å². The molecule has 1 aromatic heterocycles. The number of aromatic nitrogens is 2. The maximum absolute atomic E-state index is 11.4. The smallest absolute Gasteiger partial charge is 0.300 e. The molecule has 0 aliphatic carbocycles. The quantitative estimate of drug-likeness (QED) is 0.584. The summed E-state index contributed by atoms with van der Waals surface area (Å²) in [6, 6.07) is 0. The van der Waals surface area contributed by atoms with E-state index in [9.17, 15) is 8.42 Å². The number of hydrogen-bond acceptors (Lipinski definition) is 4. The molecule has 0 saturated carbocycles. The van der Waals surface area contributed by atoms with E-state index in [0.29, 0.717) is 12.4 Å². The molecule has 8 heteroatoms. The number of rotatable bonds is 6. The van der Waals surface area contributed by atoms with E-state index >= 15 is 0 Å². The first kappa shape index (κ1) is 12.0. The molecule has 0 radical (unpaired) electrons. The fourth-order valence-corrected chi connectivity index (χ4v) is 1.80. The Morgan fingerprint density at radius 3 is 2.87 bits per heavy atom. The summed E-state index contributed by atoms with van der Waals surface area (Å²) >= 11 is 0. The summed E-state index contributed by atoms with van der Waals surface area (Å²) in [6.45, 7) is 2.29. The molecule has 1 rings (SSSR count). The fourth-order valence-electron chi connectivity index (χ4n) is 0.898. The number of nitrogens with one attached hydrogen (secondary N) is 3. The summed E-state index contributed by atoms with van der Waals surface area (Å²) in [6.07, 6.45) is 1.53. The number of anilines is 1. The van der Waals surface area contributed by atoms with Crippen LogP contribution >= 0.6 is 0 Å². The largest absolute Gasteiger partial charge is 0.383 e. The van der Waals surface area contributed by atoms with Crippen LogP contribution in [0, 0.1) is 6.92 Å². The van der Waals surface area contributed by atoms with Crippen molar-refractivity contribution in [1.29, 1.82) is 0 Å². The lowest BCUT2D eigenvalue weighted by Gasteiger charge is -2.07. The normalized spacial score (nSPS) is 11.6. The molecule has 7 nitrogen and oxygen atoms in total. The van der Waals surface area contributed by atoms with Crippen LogP contribution in [0.5, 0.6) is 0 Å². The number of aromatic amines is 1. The van der Waals surface area contributed by atoms with Gasteiger partial charge in [0.15, 0.2) is 0 Å². The van der Waals surface area contributed by atoms with E-state index in [-0.39, 0.29) is 6.54 Å². The van der Waals surface area contributed by atoms with Crippen LogP contribution in [-0.4, -0.2) is 38.9 Å². The van der Waals surface area contributed by atoms with E-state index in [4.69, 9.17) is 4.74 Å². The van der Waals surface area contributed by atoms with Crippen molar-refractivity contribution in [2.24, 2.45) is 0 Å². The van der Waals surface area contributed by atoms with Crippen molar-refractivity contribution < 1.29 is 13.2 Å². The number of hydrogen-bond donors (Lipinski definition) is 3. The van der Waals surface area contributed by atoms with Crippen molar-refractivity contribution in [3.63, 3.8) is 0 Å². The Balaban J connectivity index is 2.53. The Morgan fingerprint density at radius 2 is 2.33 bits per heavy atom. The summed E-state index contributed by atoms with van der Waals surface area (Å²) in [5.74, 6) is 0.361. The molecule has 0 amide bonds. The van der Waals surface area contributed by atoms with Crippen LogP contribution in [0.15, 0.2) is 6.20 Å². The SMILES string of the molecule is COCCNS(=O)(=O)Nc1[nH]ncc1C. The zero-order chi connectivity index (χ0) is 11.3. The van der Waals surface area contributed by atoms with Crippen LogP contribution in [0.25, 0.3) is 0 Å². The standard InChI is InChI=1S/C7H14N4O3S/c1-6-5-8-10-7(6)11-15(12,13)9-3-4-14-2/h5,9H,3-4H2,1-2H3,(H2,8,10,11). The number of H-pyrrole nitrogens is 1. The summed E-state index contributed by atoms with van der Waals surface area (Å²) in [7, 11) is -2.05. The lowest BCUT2D eigenvalue weighted by atomic mass is 10.4. The van der Waals surface area contributed by atoms with Gasteiger partial charge in [-0.2, -0.15) is 18.2 Å². The second-order valence-corrected chi connectivity index (χ2v) is 4.42. The van der Waals surface area contributed by atoms with E-state index in [2.05, 4.69) is 19.6 Å². The Labute approximate surface area is 88.4 Å². The van der Waals surface area contributed by atoms with Gasteiger partial charge in [-0.1, -0.05) is 0 Å². The van der Waals surface area contributed by atoms with Crippen LogP contribution in [0.1, 0.15) is 5.56 Å². The van der Waals surface area contributed by atoms with Crippen LogP contribution in [-0.2, 0) is 14.9 Å². The molecule has 0 atom stereocenters. The minimum atomic E-state index is -3.55. The van der Waals surface area contributed by atoms with Gasteiger partial charge in [0, 0.05) is 19.2 Å². The molecule has 1 aromatic rings. The van der Waals surface area contributed by atoms with Gasteiger partial charge in [-0.3, -0.25) is 9.82 Å². The average Bonchev–Trinajstić information content (AvgIpc) is 2.51. The first-order valence-electron chi connectivity index (χ1n) is 4.31. The number of aryl methyl sites for hydroxylation is 1. The molecule has 0 aliphatic heterocycles. The molecular formula is C7H14N4O3S. The molecule has 0 unspecified atom stereocenters. The molecular weight excluding hydrogens is 220 g/mol. The summed E-state index contributed by atoms with van der Waals surface area (Å²) in [5.41, 5.74) is 0.729. The van der Waals surface area contributed by atoms with Crippen molar-refractivity contribution in [1.82, 2.24) is 14.9 Å². The van der Waals surface area contributed by atoms with E-state index in [1.165, 1.54) is 13.3 Å². The Kier molecular flexibility index (Phi) is 4.06. The van der Waals surface area contributed by atoms with Crippen LogP contribution < -0.4 is 9.44 Å². The second-order valence-electron chi connectivity index (χ2n) is 2.92. The summed E-state index contributed by atoms with van der Waals surface area (Å²) in [4.78, 5) is 0. The first-order valence-corrected chi connectivity index (χ1v) is 5.80. The van der Waals surface area contributed by atoms with Crippen molar-refractivity contribution in [3.05, 3.63) is 11.8 Å². The highest BCUT2D eigenvalue weighted by Crippen LogP contribution is 2.09. The number of ether oxygens (including phenoxy) is 1. The van der Waals surface area contributed by atoms with Gasteiger partial charge < -0.3 is 4.74 Å². The molecule has 15 heavy (non-hydrogen) atoms. The fraction of sp³-hybridized carbons (Fsp3) is 0.571. The highest BCUT2D eigenvalue weighted by Gasteiger charge is 2.11. The third-order valence-electron chi connectivity index (χ3n) is 1.66. The lowest BCUT2D eigenvalue weighted by Crippen LogP contribution is -2.32. The molecule has 0 fully saturated rings. The van der Waals surface area contributed by atoms with Gasteiger partial charge in [0.2, 0.25) is 0 Å². The van der Waals surface area contributed by atoms with E-state index in [0.717, 1.165) is 5.56 Å². The maximum atomic E-state index is 11.4. The molecule has 0 saturated heterocycles. The van der Waals surface area contributed by atoms with E-state index in [1.54, 1.807) is 6.92 Å². The van der Waals surface area contributed by atoms with Gasteiger partial charge in [0.1, 0.15) is 5.82 Å². The maximum Gasteiger partial charge on any atom is 0.300 e. The molecule has 0 aromatic carbocycles. The van der Waals surface area contributed by atoms with E-state index in [1.807, 2.05) is 0 Å². The summed E-state index contributed by atoms with van der Waals surface area (Å²) < 4.78 is 32.1. The highest BCUT2D eigenvalue weighted by atomic mass is 32.2. The van der Waals surface area contributed by atoms with Gasteiger partial charge in [0.05, 0.1) is 12.8 Å². The predicted octanol–water partition coefficient (Wildman–Crippen LogP) is -0.389. The number of nitrogens with zero attached hydrogens (tertiary/aromatic N) is 1. The van der Waals surface area contributed by atoms with Gasteiger partial charge in [-0.05, 0) is 6.92 Å². The van der Waals surface area contributed by atoms with Crippen LogP contribution in [0.3, 0.4) is 0 Å². The van der Waals surface area contributed by atoms with Crippen LogP contribution in [0.2, 0.25) is 0 Å². The first-order chi connectivity index (χ1) is 7.05. The third kappa shape index (κ3) is 3.86. The van der Waals surface area contributed by atoms with Crippen molar-refractivity contribution in [3.8, 4) is 0 Å².